The molecule has 0 unspecified atom stereocenters. The Morgan fingerprint density at radius 1 is 1.53 bits per heavy atom. The van der Waals surface area contributed by atoms with Crippen LogP contribution in [0.5, 0.6) is 0 Å². The van der Waals surface area contributed by atoms with Crippen molar-refractivity contribution in [3.63, 3.8) is 0 Å². The number of aliphatic carboxylic acids is 1. The fraction of sp³-hybridized carbons (Fsp3) is 0.545. The molecule has 0 aliphatic carbocycles. The number of carbonyl (C=O) groups excluding carboxylic acids is 1. The average Bonchev–Trinajstić information content (AvgIpc) is 2.58. The van der Waals surface area contributed by atoms with Gasteiger partial charge in [-0.15, -0.1) is 0 Å². The first-order valence-corrected chi connectivity index (χ1v) is 5.12. The van der Waals surface area contributed by atoms with Crippen LogP contribution in [-0.4, -0.2) is 33.9 Å². The third-order valence-corrected chi connectivity index (χ3v) is 2.56. The Morgan fingerprint density at radius 3 is 2.59 bits per heavy atom. The van der Waals surface area contributed by atoms with Gasteiger partial charge in [0.1, 0.15) is 0 Å². The SMILES string of the molecule is COC(=O)c1cc(C(C)(C)CC(=O)O)n(C)n1. The van der Waals surface area contributed by atoms with Crippen LogP contribution in [0.3, 0.4) is 0 Å². The van der Waals surface area contributed by atoms with Crippen molar-refractivity contribution in [3.05, 3.63) is 17.5 Å². The minimum Gasteiger partial charge on any atom is -0.481 e. The maximum atomic E-state index is 11.3. The number of aromatic nitrogens is 2. The molecule has 0 saturated carbocycles. The lowest BCUT2D eigenvalue weighted by Crippen LogP contribution is -2.24. The van der Waals surface area contributed by atoms with E-state index in [2.05, 4.69) is 9.84 Å². The molecule has 0 fully saturated rings. The first-order valence-electron chi connectivity index (χ1n) is 5.12. The van der Waals surface area contributed by atoms with Crippen molar-refractivity contribution in [3.8, 4) is 0 Å². The van der Waals surface area contributed by atoms with Crippen LogP contribution >= 0.6 is 0 Å². The molecule has 17 heavy (non-hydrogen) atoms. The number of carboxylic acids is 1. The highest BCUT2D eigenvalue weighted by Gasteiger charge is 2.29. The van der Waals surface area contributed by atoms with Crippen LogP contribution in [-0.2, 0) is 22.0 Å². The number of ether oxygens (including phenoxy) is 1. The van der Waals surface area contributed by atoms with Crippen LogP contribution in [0, 0.1) is 0 Å². The zero-order valence-corrected chi connectivity index (χ0v) is 10.4. The molecule has 6 heteroatoms. The van der Waals surface area contributed by atoms with Gasteiger partial charge in [0.15, 0.2) is 5.69 Å². The third-order valence-electron chi connectivity index (χ3n) is 2.56. The number of esters is 1. The van der Waals surface area contributed by atoms with Gasteiger partial charge in [0.05, 0.1) is 13.5 Å². The molecule has 0 aromatic carbocycles. The molecule has 0 aliphatic heterocycles. The molecule has 0 bridgehead atoms. The lowest BCUT2D eigenvalue weighted by molar-refractivity contribution is -0.138. The van der Waals surface area contributed by atoms with Crippen molar-refractivity contribution in [1.82, 2.24) is 9.78 Å². The monoisotopic (exact) mass is 240 g/mol. The summed E-state index contributed by atoms with van der Waals surface area (Å²) < 4.78 is 6.08. The Hall–Kier alpha value is -1.85. The van der Waals surface area contributed by atoms with E-state index in [1.54, 1.807) is 27.0 Å². The van der Waals surface area contributed by atoms with Crippen molar-refractivity contribution in [2.45, 2.75) is 25.7 Å². The highest BCUT2D eigenvalue weighted by Crippen LogP contribution is 2.27. The van der Waals surface area contributed by atoms with Gasteiger partial charge in [-0.3, -0.25) is 9.48 Å². The molecular formula is C11H16N2O4. The standard InChI is InChI=1S/C11H16N2O4/c1-11(2,6-9(14)15)8-5-7(10(16)17-4)12-13(8)3/h5H,6H2,1-4H3,(H,14,15). The molecule has 94 valence electrons. The van der Waals surface area contributed by atoms with Crippen LogP contribution in [0.2, 0.25) is 0 Å². The van der Waals surface area contributed by atoms with Crippen molar-refractivity contribution in [1.29, 1.82) is 0 Å². The van der Waals surface area contributed by atoms with E-state index in [0.29, 0.717) is 5.69 Å². The summed E-state index contributed by atoms with van der Waals surface area (Å²) in [6.45, 7) is 3.58. The van der Waals surface area contributed by atoms with Gasteiger partial charge in [0.25, 0.3) is 0 Å². The molecule has 1 aromatic heterocycles. The summed E-state index contributed by atoms with van der Waals surface area (Å²) in [5.41, 5.74) is 0.267. The Morgan fingerprint density at radius 2 is 2.12 bits per heavy atom. The largest absolute Gasteiger partial charge is 0.481 e. The van der Waals surface area contributed by atoms with Crippen molar-refractivity contribution < 1.29 is 19.4 Å². The van der Waals surface area contributed by atoms with Crippen LogP contribution in [0.25, 0.3) is 0 Å². The van der Waals surface area contributed by atoms with Gasteiger partial charge in [-0.1, -0.05) is 13.8 Å². The molecule has 0 saturated heterocycles. The second kappa shape index (κ2) is 4.57. The van der Waals surface area contributed by atoms with Crippen molar-refractivity contribution >= 4 is 11.9 Å². The number of methoxy groups -OCH3 is 1. The van der Waals surface area contributed by atoms with E-state index in [9.17, 15) is 9.59 Å². The number of aryl methyl sites for hydroxylation is 1. The van der Waals surface area contributed by atoms with E-state index in [-0.39, 0.29) is 12.1 Å². The summed E-state index contributed by atoms with van der Waals surface area (Å²) in [6, 6.07) is 1.56. The zero-order valence-electron chi connectivity index (χ0n) is 10.4. The number of carbonyl (C=O) groups is 2. The van der Waals surface area contributed by atoms with Crippen LogP contribution < -0.4 is 0 Å². The Bertz CT molecular complexity index is 448. The van der Waals surface area contributed by atoms with Gasteiger partial charge >= 0.3 is 11.9 Å². The van der Waals surface area contributed by atoms with Crippen LogP contribution in [0.1, 0.15) is 36.5 Å². The molecule has 1 N–H and O–H groups in total. The van der Waals surface area contributed by atoms with Crippen LogP contribution in [0.4, 0.5) is 0 Å². The third kappa shape index (κ3) is 2.83. The molecule has 0 amide bonds. The van der Waals surface area contributed by atoms with Gasteiger partial charge in [-0.2, -0.15) is 5.10 Å². The van der Waals surface area contributed by atoms with Gasteiger partial charge in [0, 0.05) is 18.2 Å². The highest BCUT2D eigenvalue weighted by molar-refractivity contribution is 5.87. The molecular weight excluding hydrogens is 224 g/mol. The predicted molar refractivity (Wildman–Crippen MR) is 59.8 cm³/mol. The summed E-state index contributed by atoms with van der Waals surface area (Å²) in [5.74, 6) is -1.42. The summed E-state index contributed by atoms with van der Waals surface area (Å²) in [5, 5.41) is 12.8. The lowest BCUT2D eigenvalue weighted by Gasteiger charge is -2.22. The molecule has 0 spiro atoms. The molecule has 1 heterocycles. The first-order chi connectivity index (χ1) is 7.77. The highest BCUT2D eigenvalue weighted by atomic mass is 16.5. The number of rotatable bonds is 4. The number of carboxylic acid groups (broad SMARTS) is 1. The van der Waals surface area contributed by atoms with Crippen molar-refractivity contribution in [2.24, 2.45) is 7.05 Å². The normalized spacial score (nSPS) is 11.3. The topological polar surface area (TPSA) is 81.4 Å². The maximum absolute atomic E-state index is 11.3. The summed E-state index contributed by atoms with van der Waals surface area (Å²) in [6.07, 6.45) is -0.0346. The maximum Gasteiger partial charge on any atom is 0.358 e. The van der Waals surface area contributed by atoms with E-state index in [0.717, 1.165) is 0 Å². The summed E-state index contributed by atoms with van der Waals surface area (Å²) in [4.78, 5) is 22.1. The molecule has 1 aromatic rings. The zero-order chi connectivity index (χ0) is 13.2. The Labute approximate surface area is 99.2 Å². The number of hydrogen-bond acceptors (Lipinski definition) is 4. The minimum absolute atomic E-state index is 0.0346. The van der Waals surface area contributed by atoms with E-state index in [4.69, 9.17) is 5.11 Å². The van der Waals surface area contributed by atoms with Crippen LogP contribution in [0.15, 0.2) is 6.07 Å². The van der Waals surface area contributed by atoms with E-state index in [1.165, 1.54) is 11.8 Å². The predicted octanol–water partition coefficient (Wildman–Crippen LogP) is 0.959. The molecule has 1 rings (SSSR count). The fourth-order valence-corrected chi connectivity index (χ4v) is 1.77. The van der Waals surface area contributed by atoms with Gasteiger partial charge in [-0.25, -0.2) is 4.79 Å². The lowest BCUT2D eigenvalue weighted by atomic mass is 9.85. The van der Waals surface area contributed by atoms with Gasteiger partial charge < -0.3 is 9.84 Å². The van der Waals surface area contributed by atoms with E-state index >= 15 is 0 Å². The van der Waals surface area contributed by atoms with E-state index in [1.807, 2.05) is 0 Å². The number of nitrogens with zero attached hydrogens (tertiary/aromatic N) is 2. The quantitative estimate of drug-likeness (QED) is 0.793. The second-order valence-corrected chi connectivity index (χ2v) is 4.48. The van der Waals surface area contributed by atoms with Gasteiger partial charge in [-0.05, 0) is 6.07 Å². The van der Waals surface area contributed by atoms with E-state index < -0.39 is 17.4 Å². The van der Waals surface area contributed by atoms with Gasteiger partial charge in [0.2, 0.25) is 0 Å². The number of hydrogen-bond donors (Lipinski definition) is 1. The first kappa shape index (κ1) is 13.2. The smallest absolute Gasteiger partial charge is 0.358 e. The summed E-state index contributed by atoms with van der Waals surface area (Å²) >= 11 is 0. The Kier molecular flexibility index (Phi) is 3.55. The molecule has 0 radical (unpaired) electrons. The Balaban J connectivity index is 3.10. The summed E-state index contributed by atoms with van der Waals surface area (Å²) in [7, 11) is 2.95. The molecule has 6 nitrogen and oxygen atoms in total. The fourth-order valence-electron chi connectivity index (χ4n) is 1.77. The average molecular weight is 240 g/mol. The molecule has 0 aliphatic rings. The molecule has 0 atom stereocenters. The van der Waals surface area contributed by atoms with Crippen molar-refractivity contribution in [2.75, 3.05) is 7.11 Å². The second-order valence-electron chi connectivity index (χ2n) is 4.48. The minimum atomic E-state index is -0.893.